The number of hydrogen-bond acceptors (Lipinski definition) is 2. The van der Waals surface area contributed by atoms with Crippen molar-refractivity contribution in [2.75, 3.05) is 4.90 Å². The Balaban J connectivity index is 1.06. The van der Waals surface area contributed by atoms with Crippen LogP contribution in [0.25, 0.3) is 53.6 Å². The average Bonchev–Trinajstić information content (AvgIpc) is 3.73. The summed E-state index contributed by atoms with van der Waals surface area (Å²) in [6, 6.07) is 57.2. The summed E-state index contributed by atoms with van der Waals surface area (Å²) in [5.41, 5.74) is 14.0. The van der Waals surface area contributed by atoms with E-state index < -0.39 is 0 Å². The van der Waals surface area contributed by atoms with Crippen molar-refractivity contribution in [3.8, 4) is 33.4 Å². The van der Waals surface area contributed by atoms with Gasteiger partial charge in [-0.2, -0.15) is 0 Å². The van der Waals surface area contributed by atoms with Crippen LogP contribution < -0.4 is 4.90 Å². The van der Waals surface area contributed by atoms with Gasteiger partial charge in [0.25, 0.3) is 0 Å². The smallest absolute Gasteiger partial charge is 0.123 e. The summed E-state index contributed by atoms with van der Waals surface area (Å²) in [6.07, 6.45) is 6.77. The number of halogens is 1. The first-order chi connectivity index (χ1) is 27.1. The van der Waals surface area contributed by atoms with Gasteiger partial charge in [-0.25, -0.2) is 4.39 Å². The SMILES string of the molecule is Fc1ccc(-c2ccc3c(c2)C2(c4ccc(N(c5cccc(-c6ccccc6)c5)c5ccc6c(c5)sc5ccccc56)cc4-3)C3CC4CC(C3)CC2C4)cc1. The molecular formula is C52H40FNS. The van der Waals surface area contributed by atoms with Crippen LogP contribution in [0.4, 0.5) is 21.5 Å². The molecule has 7 aromatic carbocycles. The van der Waals surface area contributed by atoms with Gasteiger partial charge in [0.15, 0.2) is 0 Å². The van der Waals surface area contributed by atoms with Gasteiger partial charge in [0.05, 0.1) is 0 Å². The van der Waals surface area contributed by atoms with Gasteiger partial charge in [-0.15, -0.1) is 11.3 Å². The van der Waals surface area contributed by atoms with Crippen molar-refractivity contribution in [2.24, 2.45) is 23.7 Å². The Labute approximate surface area is 325 Å². The lowest BCUT2D eigenvalue weighted by molar-refractivity contribution is -0.0399. The van der Waals surface area contributed by atoms with Gasteiger partial charge >= 0.3 is 0 Å². The maximum Gasteiger partial charge on any atom is 0.123 e. The minimum atomic E-state index is -0.187. The maximum atomic E-state index is 14.1. The second kappa shape index (κ2) is 12.0. The van der Waals surface area contributed by atoms with Crippen LogP contribution in [0.15, 0.2) is 158 Å². The van der Waals surface area contributed by atoms with Crippen molar-refractivity contribution in [3.05, 3.63) is 175 Å². The monoisotopic (exact) mass is 729 g/mol. The van der Waals surface area contributed by atoms with Crippen LogP contribution in [0.5, 0.6) is 0 Å². The van der Waals surface area contributed by atoms with E-state index in [4.69, 9.17) is 0 Å². The zero-order valence-electron chi connectivity index (χ0n) is 30.6. The Bertz CT molecular complexity index is 2770. The molecule has 13 rings (SSSR count). The molecule has 0 atom stereocenters. The normalized spacial score (nSPS) is 23.1. The molecule has 0 radical (unpaired) electrons. The Morgan fingerprint density at radius 1 is 0.455 bits per heavy atom. The first-order valence-corrected chi connectivity index (χ1v) is 20.8. The van der Waals surface area contributed by atoms with Gasteiger partial charge in [0.1, 0.15) is 5.82 Å². The number of nitrogens with zero attached hydrogens (tertiary/aromatic N) is 1. The summed E-state index contributed by atoms with van der Waals surface area (Å²) in [5, 5.41) is 2.63. The quantitative estimate of drug-likeness (QED) is 0.170. The fraction of sp³-hybridized carbons (Fsp3) is 0.192. The van der Waals surface area contributed by atoms with Gasteiger partial charge in [0, 0.05) is 42.6 Å². The molecule has 266 valence electrons. The van der Waals surface area contributed by atoms with Crippen LogP contribution in [0.2, 0.25) is 0 Å². The van der Waals surface area contributed by atoms with Crippen molar-refractivity contribution >= 4 is 48.6 Å². The van der Waals surface area contributed by atoms with Crippen molar-refractivity contribution in [3.63, 3.8) is 0 Å². The van der Waals surface area contributed by atoms with Crippen molar-refractivity contribution < 1.29 is 4.39 Å². The van der Waals surface area contributed by atoms with E-state index >= 15 is 0 Å². The summed E-state index contributed by atoms with van der Waals surface area (Å²) in [4.78, 5) is 2.48. The van der Waals surface area contributed by atoms with E-state index in [1.54, 1.807) is 12.1 Å². The summed E-state index contributed by atoms with van der Waals surface area (Å²) in [6.45, 7) is 0. The minimum Gasteiger partial charge on any atom is -0.310 e. The third-order valence-electron chi connectivity index (χ3n) is 13.9. The van der Waals surface area contributed by atoms with Crippen molar-refractivity contribution in [1.82, 2.24) is 0 Å². The topological polar surface area (TPSA) is 3.24 Å². The highest BCUT2D eigenvalue weighted by atomic mass is 32.1. The minimum absolute atomic E-state index is 0.0285. The molecule has 1 aromatic heterocycles. The number of rotatable bonds is 5. The van der Waals surface area contributed by atoms with Gasteiger partial charge in [0.2, 0.25) is 0 Å². The first-order valence-electron chi connectivity index (χ1n) is 20.0. The summed E-state index contributed by atoms with van der Waals surface area (Å²) < 4.78 is 16.7. The fourth-order valence-electron chi connectivity index (χ4n) is 11.9. The Hall–Kier alpha value is -5.51. The summed E-state index contributed by atoms with van der Waals surface area (Å²) in [5.74, 6) is 2.87. The predicted molar refractivity (Wildman–Crippen MR) is 228 cm³/mol. The van der Waals surface area contributed by atoms with E-state index in [1.165, 1.54) is 103 Å². The highest BCUT2D eigenvalue weighted by Gasteiger charge is 2.61. The second-order valence-corrected chi connectivity index (χ2v) is 17.8. The Morgan fingerprint density at radius 2 is 1.09 bits per heavy atom. The van der Waals surface area contributed by atoms with E-state index in [0.29, 0.717) is 11.8 Å². The molecule has 4 saturated carbocycles. The number of anilines is 3. The molecule has 1 nitrogen and oxygen atoms in total. The summed E-state index contributed by atoms with van der Waals surface area (Å²) >= 11 is 1.87. The highest BCUT2D eigenvalue weighted by molar-refractivity contribution is 7.25. The number of thiophene rings is 1. The van der Waals surface area contributed by atoms with E-state index in [2.05, 4.69) is 138 Å². The molecular weight excluding hydrogens is 690 g/mol. The van der Waals surface area contributed by atoms with Crippen molar-refractivity contribution in [2.45, 2.75) is 37.5 Å². The number of fused-ring (bicyclic) bond motifs is 6. The zero-order chi connectivity index (χ0) is 36.3. The van der Waals surface area contributed by atoms with Crippen LogP contribution in [-0.4, -0.2) is 0 Å². The fourth-order valence-corrected chi connectivity index (χ4v) is 13.0. The van der Waals surface area contributed by atoms with Crippen LogP contribution in [0.3, 0.4) is 0 Å². The van der Waals surface area contributed by atoms with Crippen molar-refractivity contribution in [1.29, 1.82) is 0 Å². The predicted octanol–water partition coefficient (Wildman–Crippen LogP) is 14.7. The Morgan fingerprint density at radius 3 is 1.91 bits per heavy atom. The van der Waals surface area contributed by atoms with Crippen LogP contribution >= 0.6 is 11.3 Å². The lowest BCUT2D eigenvalue weighted by Crippen LogP contribution is -2.55. The molecule has 0 saturated heterocycles. The molecule has 0 N–H and O–H groups in total. The number of benzene rings is 7. The molecule has 3 heteroatoms. The highest BCUT2D eigenvalue weighted by Crippen LogP contribution is 2.70. The van der Waals surface area contributed by atoms with E-state index in [0.717, 1.165) is 23.1 Å². The maximum absolute atomic E-state index is 14.1. The van der Waals surface area contributed by atoms with Gasteiger partial charge in [-0.1, -0.05) is 97.1 Å². The largest absolute Gasteiger partial charge is 0.310 e. The van der Waals surface area contributed by atoms with Crippen LogP contribution in [-0.2, 0) is 5.41 Å². The lowest BCUT2D eigenvalue weighted by atomic mass is 9.43. The lowest BCUT2D eigenvalue weighted by Gasteiger charge is -2.61. The molecule has 0 aliphatic heterocycles. The standard InChI is InChI=1S/C52H40FNS/c53-40-16-13-35(14-17-40)37-15-20-44-47-30-42(19-22-48(47)52(49(44)29-37)38-24-32-23-33(26-38)27-39(52)25-32)54(41-10-6-9-36(28-41)34-7-2-1-3-8-34)43-18-21-46-45-11-4-5-12-50(45)55-51(46)31-43/h1-22,28-33,38-39H,23-27H2. The van der Waals surface area contributed by atoms with Gasteiger partial charge in [-0.05, 0) is 161 Å². The molecule has 0 amide bonds. The molecule has 1 heterocycles. The first kappa shape index (κ1) is 31.8. The molecule has 5 aliphatic rings. The average molecular weight is 730 g/mol. The molecule has 1 spiro atoms. The van der Waals surface area contributed by atoms with Crippen LogP contribution in [0.1, 0.15) is 43.2 Å². The van der Waals surface area contributed by atoms with Crippen LogP contribution in [0, 0.1) is 29.5 Å². The Kier molecular flexibility index (Phi) is 6.93. The molecule has 0 unspecified atom stereocenters. The van der Waals surface area contributed by atoms with Gasteiger partial charge in [-0.3, -0.25) is 0 Å². The third-order valence-corrected chi connectivity index (χ3v) is 15.0. The molecule has 5 aliphatic carbocycles. The van der Waals surface area contributed by atoms with E-state index in [9.17, 15) is 4.39 Å². The van der Waals surface area contributed by atoms with Gasteiger partial charge < -0.3 is 4.90 Å². The summed E-state index contributed by atoms with van der Waals surface area (Å²) in [7, 11) is 0. The molecule has 4 fully saturated rings. The third kappa shape index (κ3) is 4.75. The van der Waals surface area contributed by atoms with E-state index in [1.807, 2.05) is 23.5 Å². The van der Waals surface area contributed by atoms with E-state index in [-0.39, 0.29) is 11.2 Å². The molecule has 4 bridgehead atoms. The molecule has 55 heavy (non-hydrogen) atoms. The zero-order valence-corrected chi connectivity index (χ0v) is 31.4. The number of hydrogen-bond donors (Lipinski definition) is 0. The second-order valence-electron chi connectivity index (χ2n) is 16.7. The molecule has 8 aromatic rings.